The molecular formula is C13H18BrNO2. The zero-order valence-electron chi connectivity index (χ0n) is 10.2. The summed E-state index contributed by atoms with van der Waals surface area (Å²) in [5.74, 6) is -1.11. The fourth-order valence-electron chi connectivity index (χ4n) is 1.68. The Morgan fingerprint density at radius 3 is 2.76 bits per heavy atom. The molecule has 1 aromatic carbocycles. The fraction of sp³-hybridized carbons (Fsp3) is 0.462. The lowest BCUT2D eigenvalue weighted by Gasteiger charge is -2.26. The van der Waals surface area contributed by atoms with E-state index in [1.54, 1.807) is 6.92 Å². The van der Waals surface area contributed by atoms with E-state index < -0.39 is 5.97 Å². The number of aliphatic carboxylic acids is 1. The number of hydrogen-bond donors (Lipinski definition) is 1. The summed E-state index contributed by atoms with van der Waals surface area (Å²) in [6.07, 6.45) is 0.999. The van der Waals surface area contributed by atoms with Gasteiger partial charge in [-0.25, -0.2) is 0 Å². The van der Waals surface area contributed by atoms with Crippen molar-refractivity contribution in [3.63, 3.8) is 0 Å². The van der Waals surface area contributed by atoms with Crippen LogP contribution in [0.1, 0.15) is 20.3 Å². The second-order valence-corrected chi connectivity index (χ2v) is 5.08. The lowest BCUT2D eigenvalue weighted by atomic mass is 10.1. The summed E-state index contributed by atoms with van der Waals surface area (Å²) in [6, 6.07) is 7.96. The molecule has 1 N–H and O–H groups in total. The van der Waals surface area contributed by atoms with Crippen molar-refractivity contribution in [2.75, 3.05) is 18.0 Å². The summed E-state index contributed by atoms with van der Waals surface area (Å²) in [7, 11) is 0. The summed E-state index contributed by atoms with van der Waals surface area (Å²) in [5, 5.41) is 8.96. The lowest BCUT2D eigenvalue weighted by Crippen LogP contribution is -2.32. The van der Waals surface area contributed by atoms with E-state index in [9.17, 15) is 4.79 Å². The molecule has 0 spiro atoms. The molecule has 0 amide bonds. The Morgan fingerprint density at radius 2 is 2.24 bits per heavy atom. The number of carbonyl (C=O) groups is 1. The highest BCUT2D eigenvalue weighted by Gasteiger charge is 2.16. The molecule has 0 radical (unpaired) electrons. The van der Waals surface area contributed by atoms with E-state index in [1.807, 2.05) is 24.3 Å². The summed E-state index contributed by atoms with van der Waals surface area (Å²) in [6.45, 7) is 5.24. The van der Waals surface area contributed by atoms with Crippen molar-refractivity contribution in [3.8, 4) is 0 Å². The van der Waals surface area contributed by atoms with Gasteiger partial charge in [0.2, 0.25) is 0 Å². The van der Waals surface area contributed by atoms with Crippen LogP contribution in [0.3, 0.4) is 0 Å². The number of carboxylic acids is 1. The van der Waals surface area contributed by atoms with Crippen LogP contribution < -0.4 is 4.90 Å². The number of nitrogens with zero attached hydrogens (tertiary/aromatic N) is 1. The van der Waals surface area contributed by atoms with Gasteiger partial charge in [0, 0.05) is 23.2 Å². The minimum Gasteiger partial charge on any atom is -0.481 e. The maximum absolute atomic E-state index is 10.9. The number of halogens is 1. The van der Waals surface area contributed by atoms with Gasteiger partial charge in [-0.2, -0.15) is 0 Å². The molecule has 3 nitrogen and oxygen atoms in total. The van der Waals surface area contributed by atoms with E-state index in [1.165, 1.54) is 0 Å². The Morgan fingerprint density at radius 1 is 1.53 bits per heavy atom. The summed E-state index contributed by atoms with van der Waals surface area (Å²) in [4.78, 5) is 13.0. The number of benzene rings is 1. The third-order valence-corrected chi connectivity index (χ3v) is 3.08. The first-order valence-electron chi connectivity index (χ1n) is 5.78. The predicted molar refractivity (Wildman–Crippen MR) is 73.4 cm³/mol. The van der Waals surface area contributed by atoms with Crippen LogP contribution in [-0.4, -0.2) is 24.2 Å². The van der Waals surface area contributed by atoms with Gasteiger partial charge in [-0.15, -0.1) is 0 Å². The maximum atomic E-state index is 10.9. The van der Waals surface area contributed by atoms with Crippen LogP contribution in [-0.2, 0) is 4.79 Å². The molecule has 0 aliphatic rings. The predicted octanol–water partition coefficient (Wildman–Crippen LogP) is 3.39. The second-order valence-electron chi connectivity index (χ2n) is 4.17. The smallest absolute Gasteiger partial charge is 0.308 e. The molecule has 1 aromatic rings. The molecule has 1 rings (SSSR count). The van der Waals surface area contributed by atoms with Crippen molar-refractivity contribution < 1.29 is 9.90 Å². The van der Waals surface area contributed by atoms with Crippen LogP contribution >= 0.6 is 15.9 Å². The summed E-state index contributed by atoms with van der Waals surface area (Å²) in [5.41, 5.74) is 1.06. The van der Waals surface area contributed by atoms with Crippen molar-refractivity contribution in [3.05, 3.63) is 28.7 Å². The highest BCUT2D eigenvalue weighted by Crippen LogP contribution is 2.21. The number of rotatable bonds is 6. The van der Waals surface area contributed by atoms with Crippen molar-refractivity contribution in [1.29, 1.82) is 0 Å². The van der Waals surface area contributed by atoms with Gasteiger partial charge in [-0.1, -0.05) is 35.8 Å². The normalized spacial score (nSPS) is 12.2. The molecule has 1 unspecified atom stereocenters. The van der Waals surface area contributed by atoms with E-state index in [2.05, 4.69) is 27.8 Å². The molecule has 0 fully saturated rings. The van der Waals surface area contributed by atoms with Crippen LogP contribution in [0.15, 0.2) is 28.7 Å². The van der Waals surface area contributed by atoms with Gasteiger partial charge in [-0.05, 0) is 24.6 Å². The molecule has 0 aliphatic heterocycles. The second kappa shape index (κ2) is 6.64. The molecule has 0 saturated carbocycles. The Bertz CT molecular complexity index is 381. The van der Waals surface area contributed by atoms with Crippen molar-refractivity contribution in [2.45, 2.75) is 20.3 Å². The first-order valence-corrected chi connectivity index (χ1v) is 6.57. The van der Waals surface area contributed by atoms with Gasteiger partial charge in [0.1, 0.15) is 0 Å². The Hall–Kier alpha value is -1.03. The molecule has 0 aliphatic carbocycles. The van der Waals surface area contributed by atoms with Crippen LogP contribution in [0.5, 0.6) is 0 Å². The average molecular weight is 300 g/mol. The van der Waals surface area contributed by atoms with E-state index in [0.29, 0.717) is 6.54 Å². The van der Waals surface area contributed by atoms with Gasteiger partial charge < -0.3 is 10.0 Å². The highest BCUT2D eigenvalue weighted by molar-refractivity contribution is 9.10. The molecule has 1 atom stereocenters. The van der Waals surface area contributed by atoms with Gasteiger partial charge in [-0.3, -0.25) is 4.79 Å². The molecule has 0 aromatic heterocycles. The minimum absolute atomic E-state index is 0.361. The summed E-state index contributed by atoms with van der Waals surface area (Å²) >= 11 is 3.43. The van der Waals surface area contributed by atoms with Crippen LogP contribution in [0.25, 0.3) is 0 Å². The topological polar surface area (TPSA) is 40.5 Å². The van der Waals surface area contributed by atoms with Gasteiger partial charge >= 0.3 is 5.97 Å². The van der Waals surface area contributed by atoms with Crippen LogP contribution in [0.4, 0.5) is 5.69 Å². The largest absolute Gasteiger partial charge is 0.481 e. The van der Waals surface area contributed by atoms with Gasteiger partial charge in [0.25, 0.3) is 0 Å². The molecule has 0 saturated heterocycles. The first kappa shape index (κ1) is 14.0. The molecule has 0 bridgehead atoms. The average Bonchev–Trinajstić information content (AvgIpc) is 2.28. The molecule has 0 heterocycles. The zero-order valence-corrected chi connectivity index (χ0v) is 11.8. The Kier molecular flexibility index (Phi) is 5.48. The minimum atomic E-state index is -0.749. The molecule has 94 valence electrons. The SMILES string of the molecule is CCCN(CC(C)C(=O)O)c1cccc(Br)c1. The zero-order chi connectivity index (χ0) is 12.8. The van der Waals surface area contributed by atoms with E-state index in [4.69, 9.17) is 5.11 Å². The summed E-state index contributed by atoms with van der Waals surface area (Å²) < 4.78 is 1.01. The van der Waals surface area contributed by atoms with Crippen molar-refractivity contribution >= 4 is 27.6 Å². The third-order valence-electron chi connectivity index (χ3n) is 2.58. The number of anilines is 1. The fourth-order valence-corrected chi connectivity index (χ4v) is 2.06. The Labute approximate surface area is 111 Å². The maximum Gasteiger partial charge on any atom is 0.308 e. The molecular weight excluding hydrogens is 282 g/mol. The quantitative estimate of drug-likeness (QED) is 0.875. The van der Waals surface area contributed by atoms with Crippen LogP contribution in [0, 0.1) is 5.92 Å². The Balaban J connectivity index is 2.81. The number of carboxylic acid groups (broad SMARTS) is 1. The standard InChI is InChI=1S/C13H18BrNO2/c1-3-7-15(9-10(2)13(16)17)12-6-4-5-11(14)8-12/h4-6,8,10H,3,7,9H2,1-2H3,(H,16,17). The molecule has 17 heavy (non-hydrogen) atoms. The van der Waals surface area contributed by atoms with E-state index in [0.717, 1.165) is 23.1 Å². The third kappa shape index (κ3) is 4.38. The van der Waals surface area contributed by atoms with Gasteiger partial charge in [0.15, 0.2) is 0 Å². The molecule has 4 heteroatoms. The van der Waals surface area contributed by atoms with Gasteiger partial charge in [0.05, 0.1) is 5.92 Å². The van der Waals surface area contributed by atoms with Crippen LogP contribution in [0.2, 0.25) is 0 Å². The van der Waals surface area contributed by atoms with Crippen molar-refractivity contribution in [2.24, 2.45) is 5.92 Å². The van der Waals surface area contributed by atoms with Crippen molar-refractivity contribution in [1.82, 2.24) is 0 Å². The van der Waals surface area contributed by atoms with E-state index >= 15 is 0 Å². The lowest BCUT2D eigenvalue weighted by molar-refractivity contribution is -0.140. The number of hydrogen-bond acceptors (Lipinski definition) is 2. The van der Waals surface area contributed by atoms with E-state index in [-0.39, 0.29) is 5.92 Å². The monoisotopic (exact) mass is 299 g/mol. The first-order chi connectivity index (χ1) is 8.04. The highest BCUT2D eigenvalue weighted by atomic mass is 79.9.